The van der Waals surface area contributed by atoms with E-state index in [4.69, 9.17) is 18.9 Å². The van der Waals surface area contributed by atoms with Crippen molar-refractivity contribution in [2.45, 2.75) is 94.9 Å². The first-order valence-electron chi connectivity index (χ1n) is 20.3. The van der Waals surface area contributed by atoms with Crippen LogP contribution >= 0.6 is 12.4 Å². The van der Waals surface area contributed by atoms with Crippen LogP contribution in [0, 0.1) is 22.7 Å². The van der Waals surface area contributed by atoms with Crippen LogP contribution in [0.3, 0.4) is 0 Å². The van der Waals surface area contributed by atoms with Crippen molar-refractivity contribution < 1.29 is 33.3 Å². The number of hydrogen-bond donors (Lipinski definition) is 1. The lowest BCUT2D eigenvalue weighted by Crippen LogP contribution is -2.44. The van der Waals surface area contributed by atoms with Gasteiger partial charge in [0.15, 0.2) is 0 Å². The van der Waals surface area contributed by atoms with E-state index in [0.717, 1.165) is 95.7 Å². The van der Waals surface area contributed by atoms with Gasteiger partial charge >= 0.3 is 12.2 Å². The molecule has 6 rings (SSSR count). The molecule has 2 aliphatic heterocycles. The molecule has 0 atom stereocenters. The molecule has 16 heteroatoms. The molecule has 2 aromatic rings. The molecule has 0 bridgehead atoms. The number of nitriles is 2. The number of nitrogens with zero attached hydrogens (tertiary/aromatic N) is 7. The summed E-state index contributed by atoms with van der Waals surface area (Å²) in [6.07, 6.45) is 10.6. The van der Waals surface area contributed by atoms with Crippen molar-refractivity contribution in [2.75, 3.05) is 79.8 Å². The molecular weight excluding hydrogens is 764 g/mol. The lowest BCUT2D eigenvalue weighted by atomic mass is 9.71. The van der Waals surface area contributed by atoms with Crippen LogP contribution in [0.25, 0.3) is 0 Å². The van der Waals surface area contributed by atoms with Crippen LogP contribution in [-0.4, -0.2) is 128 Å². The highest BCUT2D eigenvalue weighted by Gasteiger charge is 2.40. The number of ether oxygens (including phenoxy) is 4. The molecule has 318 valence electrons. The number of aromatic nitrogens is 2. The Bertz CT molecular complexity index is 1640. The summed E-state index contributed by atoms with van der Waals surface area (Å²) < 4.78 is 20.3. The Morgan fingerprint density at radius 3 is 1.74 bits per heavy atom. The Kier molecular flexibility index (Phi) is 20.0. The van der Waals surface area contributed by atoms with Crippen molar-refractivity contribution >= 4 is 30.4 Å². The maximum Gasteiger partial charge on any atom is 0.409 e. The van der Waals surface area contributed by atoms with E-state index in [1.54, 1.807) is 37.6 Å². The molecule has 2 amide bonds. The normalized spacial score (nSPS) is 21.9. The summed E-state index contributed by atoms with van der Waals surface area (Å²) in [4.78, 5) is 49.3. The quantitative estimate of drug-likeness (QED) is 0.353. The van der Waals surface area contributed by atoms with Crippen molar-refractivity contribution in [1.29, 1.82) is 10.5 Å². The third-order valence-electron chi connectivity index (χ3n) is 11.3. The van der Waals surface area contributed by atoms with E-state index in [2.05, 4.69) is 32.3 Å². The smallest absolute Gasteiger partial charge is 0.409 e. The van der Waals surface area contributed by atoms with E-state index in [9.17, 15) is 24.9 Å². The van der Waals surface area contributed by atoms with Gasteiger partial charge in [-0.25, -0.2) is 9.59 Å². The van der Waals surface area contributed by atoms with Gasteiger partial charge in [0.05, 0.1) is 68.8 Å². The highest BCUT2D eigenvalue weighted by molar-refractivity contribution is 5.85. The van der Waals surface area contributed by atoms with Gasteiger partial charge in [0.1, 0.15) is 22.7 Å². The van der Waals surface area contributed by atoms with Crippen LogP contribution in [0.2, 0.25) is 0 Å². The molecule has 0 radical (unpaired) electrons. The van der Waals surface area contributed by atoms with E-state index < -0.39 is 10.8 Å². The number of rotatable bonds is 7. The Morgan fingerprint density at radius 1 is 0.741 bits per heavy atom. The molecule has 2 saturated heterocycles. The average Bonchev–Trinajstić information content (AvgIpc) is 3.70. The summed E-state index contributed by atoms with van der Waals surface area (Å²) in [5, 5.41) is 22.5. The van der Waals surface area contributed by atoms with E-state index >= 15 is 0 Å². The molecule has 2 saturated carbocycles. The van der Waals surface area contributed by atoms with Gasteiger partial charge in [0, 0.05) is 64.7 Å². The van der Waals surface area contributed by atoms with Gasteiger partial charge in [-0.3, -0.25) is 19.7 Å². The number of halogens is 1. The number of amides is 2. The fourth-order valence-electron chi connectivity index (χ4n) is 7.78. The fraction of sp³-hybridized carbons (Fsp3) is 0.643. The Morgan fingerprint density at radius 2 is 1.26 bits per heavy atom. The van der Waals surface area contributed by atoms with Gasteiger partial charge < -0.3 is 34.1 Å². The van der Waals surface area contributed by atoms with E-state index in [0.29, 0.717) is 63.0 Å². The van der Waals surface area contributed by atoms with Crippen molar-refractivity contribution in [3.8, 4) is 23.6 Å². The number of carbonyl (C=O) groups is 3. The maximum atomic E-state index is 12.0. The Balaban J connectivity index is 0.000000255. The highest BCUT2D eigenvalue weighted by Crippen LogP contribution is 2.40. The SMILES string of the molecule is CCOC(=O)N1CCCN(C2CCC(C#N)(c3ccc(OC)cn3)CC2)CC1.CCOC(=O)N1CCCNCC1.COc1ccc(C2(C#N)CCC(=O)CC2)nc1.Cl. The molecule has 4 heterocycles. The van der Waals surface area contributed by atoms with Crippen LogP contribution < -0.4 is 14.8 Å². The van der Waals surface area contributed by atoms with Crippen molar-refractivity contribution in [3.05, 3.63) is 48.0 Å². The second kappa shape index (κ2) is 24.3. The third-order valence-corrected chi connectivity index (χ3v) is 11.3. The second-order valence-electron chi connectivity index (χ2n) is 14.7. The summed E-state index contributed by atoms with van der Waals surface area (Å²) in [6.45, 7) is 11.3. The molecule has 4 fully saturated rings. The number of ketones is 1. The highest BCUT2D eigenvalue weighted by atomic mass is 35.5. The average molecular weight is 825 g/mol. The van der Waals surface area contributed by atoms with Crippen LogP contribution in [0.5, 0.6) is 11.5 Å². The van der Waals surface area contributed by atoms with Crippen LogP contribution in [0.1, 0.15) is 89.4 Å². The van der Waals surface area contributed by atoms with Crippen molar-refractivity contribution in [1.82, 2.24) is 30.0 Å². The lowest BCUT2D eigenvalue weighted by Gasteiger charge is -2.39. The van der Waals surface area contributed by atoms with Crippen LogP contribution in [0.4, 0.5) is 9.59 Å². The number of carbonyl (C=O) groups excluding carboxylic acids is 3. The Hall–Kier alpha value is -4.70. The minimum absolute atomic E-state index is 0. The number of hydrogen-bond acceptors (Lipinski definition) is 13. The molecule has 0 spiro atoms. The predicted molar refractivity (Wildman–Crippen MR) is 220 cm³/mol. The second-order valence-corrected chi connectivity index (χ2v) is 14.7. The number of pyridine rings is 2. The van der Waals surface area contributed by atoms with Gasteiger partial charge in [-0.2, -0.15) is 10.5 Å². The molecule has 4 aliphatic rings. The standard InChI is InChI=1S/C21H30N4O3.C13H14N2O2.C8H16N2O2.ClH/c1-3-28-20(26)25-12-4-11-24(13-14-25)17-7-9-21(16-22,10-8-17)19-6-5-18(27-2)15-23-19;1-17-11-2-3-12(15-8-11)13(9-14)6-4-10(16)5-7-13;1-2-12-8(11)10-6-3-4-9-5-7-10;/h5-6,15,17H,3-4,7-14H2,1-2H3;2-3,8H,4-7H2,1H3;9H,2-7H2,1H3;1H. The van der Waals surface area contributed by atoms with Crippen molar-refractivity contribution in [2.24, 2.45) is 0 Å². The molecule has 0 unspecified atom stereocenters. The monoisotopic (exact) mass is 824 g/mol. The van der Waals surface area contributed by atoms with Gasteiger partial charge in [-0.1, -0.05) is 0 Å². The van der Waals surface area contributed by atoms with Gasteiger partial charge in [-0.15, -0.1) is 12.4 Å². The molecule has 2 aromatic heterocycles. The molecule has 15 nitrogen and oxygen atoms in total. The molecule has 0 aromatic carbocycles. The summed E-state index contributed by atoms with van der Waals surface area (Å²) in [5.41, 5.74) is 0.484. The summed E-state index contributed by atoms with van der Waals surface area (Å²) >= 11 is 0. The number of methoxy groups -OCH3 is 2. The van der Waals surface area contributed by atoms with Gasteiger partial charge in [-0.05, 0) is 96.0 Å². The molecule has 58 heavy (non-hydrogen) atoms. The first kappa shape index (κ1) is 47.7. The van der Waals surface area contributed by atoms with Gasteiger partial charge in [0.25, 0.3) is 0 Å². The number of nitrogens with one attached hydrogen (secondary N) is 1. The summed E-state index contributed by atoms with van der Waals surface area (Å²) in [7, 11) is 3.20. The molecular formula is C42H61ClN8O7. The predicted octanol–water partition coefficient (Wildman–Crippen LogP) is 5.81. The van der Waals surface area contributed by atoms with E-state index in [-0.39, 0.29) is 30.4 Å². The van der Waals surface area contributed by atoms with Gasteiger partial charge in [0.2, 0.25) is 0 Å². The first-order valence-corrected chi connectivity index (χ1v) is 20.3. The summed E-state index contributed by atoms with van der Waals surface area (Å²) in [5.74, 6) is 1.62. The third kappa shape index (κ3) is 13.2. The zero-order chi connectivity index (χ0) is 41.1. The van der Waals surface area contributed by atoms with E-state index in [1.807, 2.05) is 36.9 Å². The zero-order valence-electron chi connectivity index (χ0n) is 34.6. The largest absolute Gasteiger partial charge is 0.495 e. The van der Waals surface area contributed by atoms with E-state index in [1.165, 1.54) is 0 Å². The van der Waals surface area contributed by atoms with Crippen LogP contribution in [-0.2, 0) is 25.1 Å². The van der Waals surface area contributed by atoms with Crippen LogP contribution in [0.15, 0.2) is 36.7 Å². The Labute approximate surface area is 349 Å². The van der Waals surface area contributed by atoms with Crippen molar-refractivity contribution in [3.63, 3.8) is 0 Å². The minimum Gasteiger partial charge on any atom is -0.495 e. The maximum absolute atomic E-state index is 12.0. The topological polar surface area (TPSA) is 183 Å². The molecule has 1 N–H and O–H groups in total. The summed E-state index contributed by atoms with van der Waals surface area (Å²) in [6, 6.07) is 12.8. The number of Topliss-reactive ketones (excluding diaryl/α,β-unsaturated/α-hetero) is 1. The molecule has 2 aliphatic carbocycles. The zero-order valence-corrected chi connectivity index (χ0v) is 35.4. The lowest BCUT2D eigenvalue weighted by molar-refractivity contribution is -0.121. The first-order chi connectivity index (χ1) is 27.7. The fourth-order valence-corrected chi connectivity index (χ4v) is 7.78. The minimum atomic E-state index is -0.597.